The molecule has 20 heavy (non-hydrogen) atoms. The Labute approximate surface area is 128 Å². The first kappa shape index (κ1) is 15.7. The van der Waals surface area contributed by atoms with Crippen LogP contribution in [0.2, 0.25) is 5.02 Å². The van der Waals surface area contributed by atoms with Gasteiger partial charge in [-0.2, -0.15) is 0 Å². The van der Waals surface area contributed by atoms with Crippen molar-refractivity contribution in [1.29, 1.82) is 0 Å². The van der Waals surface area contributed by atoms with Crippen LogP contribution in [0.4, 0.5) is 5.69 Å². The minimum absolute atomic E-state index is 0.316. The summed E-state index contributed by atoms with van der Waals surface area (Å²) in [4.78, 5) is 2.47. The number of nitrogens with one attached hydrogen (secondary N) is 1. The molecule has 0 bridgehead atoms. The third kappa shape index (κ3) is 3.89. The molecule has 1 aromatic carbocycles. The van der Waals surface area contributed by atoms with Crippen LogP contribution < -0.4 is 10.2 Å². The predicted octanol–water partition coefficient (Wildman–Crippen LogP) is 4.64. The Kier molecular flexibility index (Phi) is 5.74. The van der Waals surface area contributed by atoms with Crippen LogP contribution >= 0.6 is 11.6 Å². The molecular formula is C17H27ClN2. The van der Waals surface area contributed by atoms with E-state index in [1.807, 2.05) is 0 Å². The van der Waals surface area contributed by atoms with Gasteiger partial charge in [0.25, 0.3) is 0 Å². The van der Waals surface area contributed by atoms with E-state index < -0.39 is 0 Å². The topological polar surface area (TPSA) is 15.3 Å². The van der Waals surface area contributed by atoms with E-state index >= 15 is 0 Å². The maximum Gasteiger partial charge on any atom is 0.0474 e. The molecule has 1 aliphatic heterocycles. The fourth-order valence-corrected chi connectivity index (χ4v) is 3.30. The highest BCUT2D eigenvalue weighted by Crippen LogP contribution is 2.30. The molecule has 2 unspecified atom stereocenters. The number of piperidine rings is 1. The summed E-state index contributed by atoms with van der Waals surface area (Å²) >= 11 is 6.49. The number of anilines is 1. The molecule has 1 aromatic rings. The quantitative estimate of drug-likeness (QED) is 0.851. The molecule has 1 fully saturated rings. The lowest BCUT2D eigenvalue weighted by Gasteiger charge is -2.33. The minimum Gasteiger partial charge on any atom is -0.371 e. The zero-order chi connectivity index (χ0) is 14.5. The first-order valence-electron chi connectivity index (χ1n) is 7.89. The molecule has 0 aliphatic carbocycles. The number of benzene rings is 1. The fraction of sp³-hybridized carbons (Fsp3) is 0.647. The maximum atomic E-state index is 6.49. The van der Waals surface area contributed by atoms with Crippen LogP contribution in [-0.2, 0) is 0 Å². The van der Waals surface area contributed by atoms with Gasteiger partial charge in [-0.1, -0.05) is 31.5 Å². The second-order valence-electron chi connectivity index (χ2n) is 6.08. The van der Waals surface area contributed by atoms with Crippen molar-refractivity contribution >= 4 is 17.3 Å². The van der Waals surface area contributed by atoms with E-state index in [1.54, 1.807) is 0 Å². The van der Waals surface area contributed by atoms with Gasteiger partial charge in [-0.15, -0.1) is 0 Å². The minimum atomic E-state index is 0.316. The van der Waals surface area contributed by atoms with Gasteiger partial charge < -0.3 is 10.2 Å². The molecule has 0 saturated carbocycles. The molecular weight excluding hydrogens is 268 g/mol. The highest BCUT2D eigenvalue weighted by molar-refractivity contribution is 6.31. The van der Waals surface area contributed by atoms with Gasteiger partial charge in [-0.05, 0) is 56.3 Å². The van der Waals surface area contributed by atoms with Gasteiger partial charge >= 0.3 is 0 Å². The van der Waals surface area contributed by atoms with Gasteiger partial charge in [0, 0.05) is 29.8 Å². The Morgan fingerprint density at radius 3 is 2.90 bits per heavy atom. The lowest BCUT2D eigenvalue weighted by Crippen LogP contribution is -2.34. The van der Waals surface area contributed by atoms with E-state index in [1.165, 1.54) is 24.1 Å². The van der Waals surface area contributed by atoms with Crippen LogP contribution in [0.5, 0.6) is 0 Å². The molecule has 1 heterocycles. The molecule has 112 valence electrons. The summed E-state index contributed by atoms with van der Waals surface area (Å²) in [6, 6.07) is 6.86. The van der Waals surface area contributed by atoms with Crippen molar-refractivity contribution in [3.05, 3.63) is 28.8 Å². The van der Waals surface area contributed by atoms with E-state index in [0.717, 1.165) is 37.0 Å². The smallest absolute Gasteiger partial charge is 0.0474 e. The average Bonchev–Trinajstić information content (AvgIpc) is 2.44. The van der Waals surface area contributed by atoms with E-state index in [-0.39, 0.29) is 0 Å². The predicted molar refractivity (Wildman–Crippen MR) is 88.8 cm³/mol. The Balaban J connectivity index is 2.08. The molecule has 3 heteroatoms. The van der Waals surface area contributed by atoms with Crippen molar-refractivity contribution in [2.45, 2.75) is 46.1 Å². The maximum absolute atomic E-state index is 6.49. The van der Waals surface area contributed by atoms with E-state index in [0.29, 0.717) is 6.04 Å². The summed E-state index contributed by atoms with van der Waals surface area (Å²) in [7, 11) is 0. The molecule has 2 rings (SSSR count). The molecule has 2 atom stereocenters. The Bertz CT molecular complexity index is 433. The van der Waals surface area contributed by atoms with Crippen LogP contribution in [0.25, 0.3) is 0 Å². The van der Waals surface area contributed by atoms with Gasteiger partial charge in [0.15, 0.2) is 0 Å². The molecule has 1 saturated heterocycles. The largest absolute Gasteiger partial charge is 0.371 e. The van der Waals surface area contributed by atoms with Crippen molar-refractivity contribution in [2.24, 2.45) is 5.92 Å². The van der Waals surface area contributed by atoms with Gasteiger partial charge in [0.2, 0.25) is 0 Å². The van der Waals surface area contributed by atoms with Crippen molar-refractivity contribution in [2.75, 3.05) is 24.5 Å². The van der Waals surface area contributed by atoms with Crippen molar-refractivity contribution in [3.63, 3.8) is 0 Å². The van der Waals surface area contributed by atoms with Gasteiger partial charge in [-0.3, -0.25) is 0 Å². The van der Waals surface area contributed by atoms with Crippen molar-refractivity contribution < 1.29 is 0 Å². The first-order valence-corrected chi connectivity index (χ1v) is 8.27. The normalized spacial score (nSPS) is 21.0. The fourth-order valence-electron chi connectivity index (χ4n) is 2.96. The van der Waals surface area contributed by atoms with Crippen molar-refractivity contribution in [1.82, 2.24) is 5.32 Å². The van der Waals surface area contributed by atoms with E-state index in [9.17, 15) is 0 Å². The summed E-state index contributed by atoms with van der Waals surface area (Å²) in [5, 5.41) is 4.38. The zero-order valence-corrected chi connectivity index (χ0v) is 13.7. The first-order chi connectivity index (χ1) is 9.61. The number of hydrogen-bond donors (Lipinski definition) is 1. The monoisotopic (exact) mass is 294 g/mol. The number of hydrogen-bond acceptors (Lipinski definition) is 2. The third-order valence-electron chi connectivity index (χ3n) is 4.17. The highest BCUT2D eigenvalue weighted by Gasteiger charge is 2.18. The second kappa shape index (κ2) is 7.33. The highest BCUT2D eigenvalue weighted by atomic mass is 35.5. The molecule has 1 aliphatic rings. The Morgan fingerprint density at radius 1 is 1.45 bits per heavy atom. The zero-order valence-electron chi connectivity index (χ0n) is 13.0. The molecule has 0 radical (unpaired) electrons. The molecule has 0 aromatic heterocycles. The van der Waals surface area contributed by atoms with E-state index in [4.69, 9.17) is 11.6 Å². The average molecular weight is 295 g/mol. The molecule has 2 nitrogen and oxygen atoms in total. The molecule has 0 amide bonds. The molecule has 0 spiro atoms. The number of nitrogens with zero attached hydrogens (tertiary/aromatic N) is 1. The van der Waals surface area contributed by atoms with Crippen LogP contribution in [-0.4, -0.2) is 19.6 Å². The van der Waals surface area contributed by atoms with Gasteiger partial charge in [0.1, 0.15) is 0 Å². The van der Waals surface area contributed by atoms with E-state index in [2.05, 4.69) is 49.2 Å². The van der Waals surface area contributed by atoms with Crippen LogP contribution in [0.15, 0.2) is 18.2 Å². The van der Waals surface area contributed by atoms with Gasteiger partial charge in [-0.25, -0.2) is 0 Å². The Hall–Kier alpha value is -0.730. The lowest BCUT2D eigenvalue weighted by atomic mass is 9.99. The standard InChI is InChI=1S/C17H27ClN2/c1-4-9-19-14(3)16-8-7-15(11-17(16)18)20-10-5-6-13(2)12-20/h7-8,11,13-14,19H,4-6,9-10,12H2,1-3H3. The summed E-state index contributed by atoms with van der Waals surface area (Å²) in [6.45, 7) is 10.0. The van der Waals surface area contributed by atoms with Crippen LogP contribution in [0.1, 0.15) is 51.6 Å². The van der Waals surface area contributed by atoms with Crippen molar-refractivity contribution in [3.8, 4) is 0 Å². The molecule has 1 N–H and O–H groups in total. The SMILES string of the molecule is CCCNC(C)c1ccc(N2CCCC(C)C2)cc1Cl. The summed E-state index contributed by atoms with van der Waals surface area (Å²) < 4.78 is 0. The second-order valence-corrected chi connectivity index (χ2v) is 6.48. The summed E-state index contributed by atoms with van der Waals surface area (Å²) in [6.07, 6.45) is 3.78. The van der Waals surface area contributed by atoms with Crippen LogP contribution in [0, 0.1) is 5.92 Å². The van der Waals surface area contributed by atoms with Crippen LogP contribution in [0.3, 0.4) is 0 Å². The lowest BCUT2D eigenvalue weighted by molar-refractivity contribution is 0.447. The Morgan fingerprint density at radius 2 is 2.25 bits per heavy atom. The number of halogens is 1. The summed E-state index contributed by atoms with van der Waals surface area (Å²) in [5.74, 6) is 0.785. The summed E-state index contributed by atoms with van der Waals surface area (Å²) in [5.41, 5.74) is 2.47. The third-order valence-corrected chi connectivity index (χ3v) is 4.50. The van der Waals surface area contributed by atoms with Gasteiger partial charge in [0.05, 0.1) is 0 Å². The number of rotatable bonds is 5.